The number of allylic oxidation sites excluding steroid dienone is 10. The Balaban J connectivity index is 4.00. The fourth-order valence-electron chi connectivity index (χ4n) is 8.94. The second kappa shape index (κ2) is 59.7. The topological polar surface area (TPSA) is 78.9 Å². The number of rotatable bonds is 56. The van der Waals surface area contributed by atoms with Crippen molar-refractivity contribution in [3.63, 3.8) is 0 Å². The van der Waals surface area contributed by atoms with Crippen LogP contribution in [0.2, 0.25) is 0 Å². The first-order chi connectivity index (χ1) is 35.0. The van der Waals surface area contributed by atoms with E-state index < -0.39 is 6.10 Å². The molecule has 1 unspecified atom stereocenters. The summed E-state index contributed by atoms with van der Waals surface area (Å²) in [4.78, 5) is 37.9. The Morgan fingerprint density at radius 2 is 0.549 bits per heavy atom. The molecule has 6 nitrogen and oxygen atoms in total. The van der Waals surface area contributed by atoms with Crippen molar-refractivity contribution in [1.82, 2.24) is 0 Å². The maximum Gasteiger partial charge on any atom is 0.306 e. The SMILES string of the molecule is CC/C=C\C/C=C\C/C=C\C/C=C\C/C=C\CCCCCCCCCCCCCCCCCC(=O)OCC(COC(=O)CCCCCCCC)OC(=O)CCCCCCCCCCCCCCCCCC. The lowest BCUT2D eigenvalue weighted by molar-refractivity contribution is -0.167. The van der Waals surface area contributed by atoms with E-state index in [1.807, 2.05) is 0 Å². The third-order valence-electron chi connectivity index (χ3n) is 13.5. The van der Waals surface area contributed by atoms with E-state index in [1.165, 1.54) is 186 Å². The second-order valence-corrected chi connectivity index (χ2v) is 20.6. The summed E-state index contributed by atoms with van der Waals surface area (Å²) in [6, 6.07) is 0. The highest BCUT2D eigenvalue weighted by atomic mass is 16.6. The van der Waals surface area contributed by atoms with Gasteiger partial charge in [-0.25, -0.2) is 0 Å². The molecule has 0 aliphatic heterocycles. The van der Waals surface area contributed by atoms with E-state index in [0.717, 1.165) is 89.9 Å². The van der Waals surface area contributed by atoms with Gasteiger partial charge >= 0.3 is 17.9 Å². The zero-order valence-electron chi connectivity index (χ0n) is 47.2. The van der Waals surface area contributed by atoms with Crippen LogP contribution in [-0.2, 0) is 28.6 Å². The highest BCUT2D eigenvalue weighted by Crippen LogP contribution is 2.17. The lowest BCUT2D eigenvalue weighted by Gasteiger charge is -2.18. The van der Waals surface area contributed by atoms with Crippen molar-refractivity contribution in [2.75, 3.05) is 13.2 Å². The summed E-state index contributed by atoms with van der Waals surface area (Å²) in [6.07, 6.45) is 75.5. The van der Waals surface area contributed by atoms with Gasteiger partial charge in [0.25, 0.3) is 0 Å². The molecule has 0 radical (unpaired) electrons. The van der Waals surface area contributed by atoms with E-state index in [-0.39, 0.29) is 31.1 Å². The average molecular weight is 994 g/mol. The van der Waals surface area contributed by atoms with Crippen LogP contribution in [0.1, 0.15) is 316 Å². The fourth-order valence-corrected chi connectivity index (χ4v) is 8.94. The van der Waals surface area contributed by atoms with E-state index in [4.69, 9.17) is 14.2 Å². The van der Waals surface area contributed by atoms with Crippen molar-refractivity contribution < 1.29 is 28.6 Å². The molecule has 0 aromatic rings. The molecule has 0 N–H and O–H groups in total. The Hall–Kier alpha value is -2.89. The van der Waals surface area contributed by atoms with Crippen LogP contribution in [0, 0.1) is 0 Å². The molecular formula is C65H116O6. The predicted molar refractivity (Wildman–Crippen MR) is 307 cm³/mol. The minimum Gasteiger partial charge on any atom is -0.462 e. The van der Waals surface area contributed by atoms with Crippen molar-refractivity contribution in [3.8, 4) is 0 Å². The van der Waals surface area contributed by atoms with Crippen LogP contribution in [-0.4, -0.2) is 37.2 Å². The van der Waals surface area contributed by atoms with Gasteiger partial charge in [-0.2, -0.15) is 0 Å². The summed E-state index contributed by atoms with van der Waals surface area (Å²) in [7, 11) is 0. The summed E-state index contributed by atoms with van der Waals surface area (Å²) in [6.45, 7) is 6.50. The Morgan fingerprint density at radius 1 is 0.296 bits per heavy atom. The van der Waals surface area contributed by atoms with E-state index >= 15 is 0 Å². The van der Waals surface area contributed by atoms with Crippen LogP contribution in [0.5, 0.6) is 0 Å². The Labute approximate surface area is 440 Å². The van der Waals surface area contributed by atoms with Crippen LogP contribution >= 0.6 is 0 Å². The van der Waals surface area contributed by atoms with E-state index in [1.54, 1.807) is 0 Å². The van der Waals surface area contributed by atoms with Gasteiger partial charge in [-0.1, -0.05) is 293 Å². The quantitative estimate of drug-likeness (QED) is 0.0261. The highest BCUT2D eigenvalue weighted by molar-refractivity contribution is 5.71. The normalized spacial score (nSPS) is 12.4. The first-order valence-corrected chi connectivity index (χ1v) is 30.8. The van der Waals surface area contributed by atoms with Crippen molar-refractivity contribution in [2.45, 2.75) is 322 Å². The molecule has 6 heteroatoms. The number of esters is 3. The van der Waals surface area contributed by atoms with Gasteiger partial charge < -0.3 is 14.2 Å². The van der Waals surface area contributed by atoms with Crippen molar-refractivity contribution in [2.24, 2.45) is 0 Å². The summed E-state index contributed by atoms with van der Waals surface area (Å²) >= 11 is 0. The molecule has 0 spiro atoms. The van der Waals surface area contributed by atoms with E-state index in [2.05, 4.69) is 81.5 Å². The molecule has 0 aliphatic rings. The molecule has 0 saturated heterocycles. The number of hydrogen-bond donors (Lipinski definition) is 0. The summed E-state index contributed by atoms with van der Waals surface area (Å²) in [5.41, 5.74) is 0. The molecular weight excluding hydrogens is 877 g/mol. The van der Waals surface area contributed by atoms with E-state index in [9.17, 15) is 14.4 Å². The molecule has 412 valence electrons. The minimum atomic E-state index is -0.766. The molecule has 0 rings (SSSR count). The third-order valence-corrected chi connectivity index (χ3v) is 13.5. The van der Waals surface area contributed by atoms with Crippen molar-refractivity contribution >= 4 is 17.9 Å². The van der Waals surface area contributed by atoms with Crippen molar-refractivity contribution in [3.05, 3.63) is 60.8 Å². The first kappa shape index (κ1) is 68.1. The van der Waals surface area contributed by atoms with Gasteiger partial charge in [-0.05, 0) is 64.2 Å². The van der Waals surface area contributed by atoms with Gasteiger partial charge in [0.05, 0.1) is 0 Å². The number of ether oxygens (including phenoxy) is 3. The molecule has 0 aromatic carbocycles. The lowest BCUT2D eigenvalue weighted by atomic mass is 10.0. The van der Waals surface area contributed by atoms with Crippen LogP contribution in [0.15, 0.2) is 60.8 Å². The number of carbonyl (C=O) groups excluding carboxylic acids is 3. The molecule has 1 atom stereocenters. The molecule has 0 fully saturated rings. The third kappa shape index (κ3) is 57.9. The van der Waals surface area contributed by atoms with Crippen molar-refractivity contribution in [1.29, 1.82) is 0 Å². The fraction of sp³-hybridized carbons (Fsp3) is 0.800. The van der Waals surface area contributed by atoms with Crippen LogP contribution < -0.4 is 0 Å². The largest absolute Gasteiger partial charge is 0.462 e. The van der Waals surface area contributed by atoms with Gasteiger partial charge in [0.15, 0.2) is 6.10 Å². The second-order valence-electron chi connectivity index (χ2n) is 20.6. The molecule has 0 heterocycles. The zero-order valence-corrected chi connectivity index (χ0v) is 47.2. The van der Waals surface area contributed by atoms with Gasteiger partial charge in [0.1, 0.15) is 13.2 Å². The maximum atomic E-state index is 12.8. The minimum absolute atomic E-state index is 0.0692. The van der Waals surface area contributed by atoms with Crippen LogP contribution in [0.25, 0.3) is 0 Å². The summed E-state index contributed by atoms with van der Waals surface area (Å²) < 4.78 is 16.8. The molecule has 0 aliphatic carbocycles. The average Bonchev–Trinajstić information content (AvgIpc) is 3.37. The number of hydrogen-bond acceptors (Lipinski definition) is 6. The van der Waals surface area contributed by atoms with Gasteiger partial charge in [-0.15, -0.1) is 0 Å². The van der Waals surface area contributed by atoms with Crippen LogP contribution in [0.3, 0.4) is 0 Å². The molecule has 71 heavy (non-hydrogen) atoms. The predicted octanol–water partition coefficient (Wildman–Crippen LogP) is 20.8. The summed E-state index contributed by atoms with van der Waals surface area (Å²) in [5, 5.41) is 0. The monoisotopic (exact) mass is 993 g/mol. The standard InChI is InChI=1S/C65H116O6/c1-4-7-10-13-16-18-20-22-24-26-27-28-29-30-31-32-33-34-35-36-37-38-39-40-42-43-45-47-49-52-55-58-64(67)70-61-62(60-69-63(66)57-54-51-15-12-9-6-3)71-65(68)59-56-53-50-48-46-44-41-25-23-21-19-17-14-11-8-5-2/h7,10,16,18,22,24,27-28,30-31,62H,4-6,8-9,11-15,17,19-21,23,25-26,29,32-61H2,1-3H3/b10-7-,18-16-,24-22-,28-27-,31-30-. The highest BCUT2D eigenvalue weighted by Gasteiger charge is 2.19. The molecule has 0 aromatic heterocycles. The van der Waals surface area contributed by atoms with E-state index in [0.29, 0.717) is 19.3 Å². The Kier molecular flexibility index (Phi) is 57.2. The molecule has 0 amide bonds. The first-order valence-electron chi connectivity index (χ1n) is 30.8. The zero-order chi connectivity index (χ0) is 51.4. The molecule has 0 saturated carbocycles. The summed E-state index contributed by atoms with van der Waals surface area (Å²) in [5.74, 6) is -0.863. The lowest BCUT2D eigenvalue weighted by Crippen LogP contribution is -2.30. The Morgan fingerprint density at radius 3 is 0.859 bits per heavy atom. The smallest absolute Gasteiger partial charge is 0.306 e. The molecule has 0 bridgehead atoms. The number of unbranched alkanes of at least 4 members (excludes halogenated alkanes) is 35. The van der Waals surface area contributed by atoms with Crippen LogP contribution in [0.4, 0.5) is 0 Å². The van der Waals surface area contributed by atoms with Gasteiger partial charge in [-0.3, -0.25) is 14.4 Å². The Bertz CT molecular complexity index is 1280. The van der Waals surface area contributed by atoms with Gasteiger partial charge in [0, 0.05) is 19.3 Å². The number of carbonyl (C=O) groups is 3. The van der Waals surface area contributed by atoms with Gasteiger partial charge in [0.2, 0.25) is 0 Å². The maximum absolute atomic E-state index is 12.8.